The van der Waals surface area contributed by atoms with Crippen molar-refractivity contribution >= 4 is 23.5 Å². The molecule has 26 heavy (non-hydrogen) atoms. The van der Waals surface area contributed by atoms with E-state index in [4.69, 9.17) is 5.11 Å². The number of anilines is 1. The Morgan fingerprint density at radius 1 is 1.19 bits per heavy atom. The molecule has 0 radical (unpaired) electrons. The molecule has 1 rings (SSSR count). The molecule has 0 spiro atoms. The number of hydrogen-bond donors (Lipinski definition) is 3. The molecular weight excluding hydrogens is 339 g/mol. The summed E-state index contributed by atoms with van der Waals surface area (Å²) in [4.78, 5) is 35.3. The van der Waals surface area contributed by atoms with Gasteiger partial charge in [0.05, 0.1) is 17.6 Å². The molecule has 3 N–H and O–H groups in total. The van der Waals surface area contributed by atoms with Gasteiger partial charge in [-0.05, 0) is 37.0 Å². The minimum Gasteiger partial charge on any atom is -0.481 e. The van der Waals surface area contributed by atoms with E-state index >= 15 is 0 Å². The lowest BCUT2D eigenvalue weighted by molar-refractivity contribution is -0.138. The van der Waals surface area contributed by atoms with E-state index in [0.29, 0.717) is 12.8 Å². The molecule has 0 heterocycles. The molecule has 0 aromatic heterocycles. The van der Waals surface area contributed by atoms with Crippen molar-refractivity contribution in [1.82, 2.24) is 5.32 Å². The number of halogens is 1. The smallest absolute Gasteiger partial charge is 0.305 e. The highest BCUT2D eigenvalue weighted by Gasteiger charge is 2.31. The van der Waals surface area contributed by atoms with Gasteiger partial charge in [0.25, 0.3) is 5.91 Å². The third-order valence-electron chi connectivity index (χ3n) is 4.32. The lowest BCUT2D eigenvalue weighted by atomic mass is 9.88. The molecule has 0 aliphatic carbocycles. The molecule has 0 saturated heterocycles. The summed E-state index contributed by atoms with van der Waals surface area (Å²) in [5, 5.41) is 14.3. The Labute approximate surface area is 153 Å². The van der Waals surface area contributed by atoms with Crippen molar-refractivity contribution in [2.75, 3.05) is 5.32 Å². The SMILES string of the molecule is CCC(CC)(CC(=O)O)NC(=O)c1ccc(NC(=O)CC(C)C)c(F)c1. The predicted octanol–water partition coefficient (Wildman–Crippen LogP) is 3.57. The quantitative estimate of drug-likeness (QED) is 0.622. The first kappa shape index (κ1) is 21.6. The first-order chi connectivity index (χ1) is 12.1. The molecule has 0 saturated carbocycles. The average Bonchev–Trinajstić information content (AvgIpc) is 2.54. The molecule has 0 unspecified atom stereocenters. The van der Waals surface area contributed by atoms with Crippen molar-refractivity contribution in [1.29, 1.82) is 0 Å². The molecule has 6 nitrogen and oxygen atoms in total. The standard InChI is InChI=1S/C19H27FN2O4/c1-5-19(6-2,11-17(24)25)22-18(26)13-7-8-15(14(20)10-13)21-16(23)9-12(3)4/h7-8,10,12H,5-6,9,11H2,1-4H3,(H,21,23)(H,22,26)(H,24,25). The summed E-state index contributed by atoms with van der Waals surface area (Å²) in [6.45, 7) is 7.35. The van der Waals surface area contributed by atoms with E-state index in [1.165, 1.54) is 12.1 Å². The van der Waals surface area contributed by atoms with Crippen molar-refractivity contribution in [3.8, 4) is 0 Å². The minimum atomic E-state index is -1.01. The van der Waals surface area contributed by atoms with Crippen LogP contribution in [0.15, 0.2) is 18.2 Å². The van der Waals surface area contributed by atoms with Gasteiger partial charge in [0.1, 0.15) is 5.82 Å². The van der Waals surface area contributed by atoms with Gasteiger partial charge in [0.2, 0.25) is 5.91 Å². The van der Waals surface area contributed by atoms with Crippen LogP contribution in [-0.2, 0) is 9.59 Å². The number of carboxylic acids is 1. The number of carboxylic acid groups (broad SMARTS) is 1. The fraction of sp³-hybridized carbons (Fsp3) is 0.526. The van der Waals surface area contributed by atoms with E-state index in [1.807, 2.05) is 13.8 Å². The van der Waals surface area contributed by atoms with Gasteiger partial charge in [-0.2, -0.15) is 0 Å². The Kier molecular flexibility index (Phi) is 7.74. The normalized spacial score (nSPS) is 11.3. The molecule has 1 aromatic rings. The van der Waals surface area contributed by atoms with Crippen molar-refractivity contribution < 1.29 is 23.9 Å². The van der Waals surface area contributed by atoms with Crippen LogP contribution < -0.4 is 10.6 Å². The van der Waals surface area contributed by atoms with Gasteiger partial charge < -0.3 is 15.7 Å². The highest BCUT2D eigenvalue weighted by atomic mass is 19.1. The van der Waals surface area contributed by atoms with Gasteiger partial charge in [-0.15, -0.1) is 0 Å². The number of amides is 2. The predicted molar refractivity (Wildman–Crippen MR) is 97.5 cm³/mol. The molecular formula is C19H27FN2O4. The Balaban J connectivity index is 2.92. The Morgan fingerprint density at radius 3 is 2.27 bits per heavy atom. The van der Waals surface area contributed by atoms with Crippen LogP contribution in [0.5, 0.6) is 0 Å². The third kappa shape index (κ3) is 6.13. The minimum absolute atomic E-state index is 0.00924. The second kappa shape index (κ2) is 9.31. The number of aliphatic carboxylic acids is 1. The van der Waals surface area contributed by atoms with Crippen LogP contribution >= 0.6 is 0 Å². The summed E-state index contributed by atoms with van der Waals surface area (Å²) in [5.74, 6) is -2.43. The molecule has 0 aliphatic heterocycles. The zero-order chi connectivity index (χ0) is 19.9. The van der Waals surface area contributed by atoms with Gasteiger partial charge in [0, 0.05) is 12.0 Å². The molecule has 1 aromatic carbocycles. The van der Waals surface area contributed by atoms with Crippen LogP contribution in [0, 0.1) is 11.7 Å². The largest absolute Gasteiger partial charge is 0.481 e. The average molecular weight is 366 g/mol. The summed E-state index contributed by atoms with van der Waals surface area (Å²) >= 11 is 0. The van der Waals surface area contributed by atoms with Crippen LogP contribution in [0.2, 0.25) is 0 Å². The fourth-order valence-corrected chi connectivity index (χ4v) is 2.65. The zero-order valence-electron chi connectivity index (χ0n) is 15.7. The second-order valence-electron chi connectivity index (χ2n) is 6.85. The Hall–Kier alpha value is -2.44. The van der Waals surface area contributed by atoms with Crippen LogP contribution in [0.3, 0.4) is 0 Å². The topological polar surface area (TPSA) is 95.5 Å². The van der Waals surface area contributed by atoms with Gasteiger partial charge in [-0.25, -0.2) is 4.39 Å². The lowest BCUT2D eigenvalue weighted by Gasteiger charge is -2.31. The molecule has 0 aliphatic rings. The van der Waals surface area contributed by atoms with E-state index in [2.05, 4.69) is 10.6 Å². The Bertz CT molecular complexity index is 670. The van der Waals surface area contributed by atoms with E-state index in [1.54, 1.807) is 13.8 Å². The number of rotatable bonds is 9. The highest BCUT2D eigenvalue weighted by molar-refractivity contribution is 5.96. The Morgan fingerprint density at radius 2 is 1.81 bits per heavy atom. The van der Waals surface area contributed by atoms with E-state index in [9.17, 15) is 18.8 Å². The number of carbonyl (C=O) groups is 3. The van der Waals surface area contributed by atoms with Gasteiger partial charge in [-0.1, -0.05) is 27.7 Å². The monoisotopic (exact) mass is 366 g/mol. The molecule has 0 fully saturated rings. The van der Waals surface area contributed by atoms with Crippen molar-refractivity contribution in [2.24, 2.45) is 5.92 Å². The number of benzene rings is 1. The summed E-state index contributed by atoms with van der Waals surface area (Å²) in [6, 6.07) is 3.77. The van der Waals surface area contributed by atoms with Crippen LogP contribution in [0.4, 0.5) is 10.1 Å². The molecule has 0 bridgehead atoms. The summed E-state index contributed by atoms with van der Waals surface area (Å²) < 4.78 is 14.2. The van der Waals surface area contributed by atoms with Gasteiger partial charge in [-0.3, -0.25) is 14.4 Å². The van der Waals surface area contributed by atoms with E-state index in [-0.39, 0.29) is 35.9 Å². The number of carbonyl (C=O) groups excluding carboxylic acids is 2. The fourth-order valence-electron chi connectivity index (χ4n) is 2.65. The van der Waals surface area contributed by atoms with Crippen molar-refractivity contribution in [2.45, 2.75) is 58.9 Å². The number of nitrogens with one attached hydrogen (secondary N) is 2. The van der Waals surface area contributed by atoms with Gasteiger partial charge >= 0.3 is 5.97 Å². The molecule has 2 amide bonds. The van der Waals surface area contributed by atoms with E-state index in [0.717, 1.165) is 6.07 Å². The third-order valence-corrected chi connectivity index (χ3v) is 4.32. The zero-order valence-corrected chi connectivity index (χ0v) is 15.7. The highest BCUT2D eigenvalue weighted by Crippen LogP contribution is 2.22. The number of hydrogen-bond acceptors (Lipinski definition) is 3. The second-order valence-corrected chi connectivity index (χ2v) is 6.85. The van der Waals surface area contributed by atoms with Gasteiger partial charge in [0.15, 0.2) is 0 Å². The summed E-state index contributed by atoms with van der Waals surface area (Å²) in [6.07, 6.45) is 0.935. The summed E-state index contributed by atoms with van der Waals surface area (Å²) in [5.41, 5.74) is -0.806. The van der Waals surface area contributed by atoms with Crippen LogP contribution in [0.1, 0.15) is 63.7 Å². The van der Waals surface area contributed by atoms with Crippen LogP contribution in [-0.4, -0.2) is 28.4 Å². The molecule has 144 valence electrons. The summed E-state index contributed by atoms with van der Waals surface area (Å²) in [7, 11) is 0. The van der Waals surface area contributed by atoms with E-state index < -0.39 is 23.2 Å². The maximum Gasteiger partial charge on any atom is 0.305 e. The van der Waals surface area contributed by atoms with Crippen molar-refractivity contribution in [3.63, 3.8) is 0 Å². The van der Waals surface area contributed by atoms with Crippen LogP contribution in [0.25, 0.3) is 0 Å². The maximum atomic E-state index is 14.2. The molecule has 7 heteroatoms. The van der Waals surface area contributed by atoms with Crippen molar-refractivity contribution in [3.05, 3.63) is 29.6 Å². The molecule has 0 atom stereocenters. The lowest BCUT2D eigenvalue weighted by Crippen LogP contribution is -2.49. The first-order valence-corrected chi connectivity index (χ1v) is 8.76. The maximum absolute atomic E-state index is 14.2. The first-order valence-electron chi connectivity index (χ1n) is 8.76.